The van der Waals surface area contributed by atoms with Crippen molar-refractivity contribution in [3.63, 3.8) is 0 Å². The van der Waals surface area contributed by atoms with Crippen LogP contribution in [0.25, 0.3) is 11.0 Å². The first-order valence-corrected chi connectivity index (χ1v) is 9.24. The third-order valence-corrected chi connectivity index (χ3v) is 5.21. The number of rotatable bonds is 4. The second-order valence-electron chi connectivity index (χ2n) is 7.03. The molecule has 2 aromatic carbocycles. The molecule has 1 aliphatic rings. The van der Waals surface area contributed by atoms with Crippen molar-refractivity contribution >= 4 is 28.9 Å². The molecule has 1 heterocycles. The van der Waals surface area contributed by atoms with E-state index in [-0.39, 0.29) is 11.5 Å². The first kappa shape index (κ1) is 17.3. The normalized spacial score (nSPS) is 15.0. The Bertz CT molecular complexity index is 986. The van der Waals surface area contributed by atoms with Crippen LogP contribution in [0.15, 0.2) is 42.5 Å². The van der Waals surface area contributed by atoms with Crippen molar-refractivity contribution in [1.82, 2.24) is 9.97 Å². The number of nitrogens with zero attached hydrogens (tertiary/aromatic N) is 1. The molecular weight excluding hydrogens is 342 g/mol. The highest BCUT2D eigenvalue weighted by atomic mass is 16.4. The fourth-order valence-corrected chi connectivity index (χ4v) is 3.72. The average molecular weight is 363 g/mol. The van der Waals surface area contributed by atoms with E-state index in [0.717, 1.165) is 0 Å². The van der Waals surface area contributed by atoms with E-state index in [0.29, 0.717) is 28.5 Å². The number of H-pyrrole nitrogens is 1. The van der Waals surface area contributed by atoms with Gasteiger partial charge in [-0.05, 0) is 54.7 Å². The number of aromatic nitrogens is 2. The first-order valence-electron chi connectivity index (χ1n) is 9.24. The predicted molar refractivity (Wildman–Crippen MR) is 103 cm³/mol. The molecular formula is C21H21N3O3. The lowest BCUT2D eigenvalue weighted by Crippen LogP contribution is -2.13. The summed E-state index contributed by atoms with van der Waals surface area (Å²) in [6.07, 6.45) is 6.33. The number of anilines is 1. The summed E-state index contributed by atoms with van der Waals surface area (Å²) in [7, 11) is 0. The SMILES string of the molecule is O=C(O)c1ccc2nc(NC(=O)c3ccc(C4CCCCC4)cc3)[nH]c2c1. The molecule has 1 saturated carbocycles. The van der Waals surface area contributed by atoms with Gasteiger partial charge in [0.25, 0.3) is 5.91 Å². The van der Waals surface area contributed by atoms with E-state index in [1.807, 2.05) is 24.3 Å². The first-order chi connectivity index (χ1) is 13.1. The molecule has 3 N–H and O–H groups in total. The van der Waals surface area contributed by atoms with E-state index in [2.05, 4.69) is 15.3 Å². The number of carbonyl (C=O) groups excluding carboxylic acids is 1. The second kappa shape index (κ2) is 7.23. The molecule has 1 aromatic heterocycles. The summed E-state index contributed by atoms with van der Waals surface area (Å²) in [5.41, 5.74) is 3.21. The molecule has 0 spiro atoms. The van der Waals surface area contributed by atoms with E-state index in [9.17, 15) is 9.59 Å². The van der Waals surface area contributed by atoms with E-state index < -0.39 is 5.97 Å². The number of fused-ring (bicyclic) bond motifs is 1. The number of benzene rings is 2. The highest BCUT2D eigenvalue weighted by Gasteiger charge is 2.16. The Morgan fingerprint density at radius 2 is 1.70 bits per heavy atom. The van der Waals surface area contributed by atoms with Crippen LogP contribution in [0.4, 0.5) is 5.95 Å². The third kappa shape index (κ3) is 3.69. The molecule has 6 heteroatoms. The van der Waals surface area contributed by atoms with Gasteiger partial charge >= 0.3 is 5.97 Å². The molecule has 0 aliphatic heterocycles. The molecule has 138 valence electrons. The molecule has 1 fully saturated rings. The summed E-state index contributed by atoms with van der Waals surface area (Å²) in [6.45, 7) is 0. The van der Waals surface area contributed by atoms with Crippen LogP contribution in [-0.2, 0) is 0 Å². The zero-order valence-corrected chi connectivity index (χ0v) is 14.9. The minimum absolute atomic E-state index is 0.169. The molecule has 0 unspecified atom stereocenters. The number of nitrogens with one attached hydrogen (secondary N) is 2. The summed E-state index contributed by atoms with van der Waals surface area (Å²) in [5, 5.41) is 11.8. The van der Waals surface area contributed by atoms with Crippen LogP contribution < -0.4 is 5.32 Å². The molecule has 0 radical (unpaired) electrons. The van der Waals surface area contributed by atoms with Gasteiger partial charge in [0.1, 0.15) is 0 Å². The maximum Gasteiger partial charge on any atom is 0.335 e. The molecule has 3 aromatic rings. The van der Waals surface area contributed by atoms with Crippen molar-refractivity contribution in [1.29, 1.82) is 0 Å². The summed E-state index contributed by atoms with van der Waals surface area (Å²) < 4.78 is 0. The molecule has 4 rings (SSSR count). The second-order valence-corrected chi connectivity index (χ2v) is 7.03. The van der Waals surface area contributed by atoms with Gasteiger partial charge in [0.15, 0.2) is 0 Å². The van der Waals surface area contributed by atoms with E-state index in [1.165, 1.54) is 49.8 Å². The van der Waals surface area contributed by atoms with Crippen LogP contribution >= 0.6 is 0 Å². The van der Waals surface area contributed by atoms with Gasteiger partial charge < -0.3 is 10.1 Å². The summed E-state index contributed by atoms with van der Waals surface area (Å²) in [5.74, 6) is -0.346. The molecule has 1 amide bonds. The van der Waals surface area contributed by atoms with Crippen LogP contribution in [-0.4, -0.2) is 27.0 Å². The van der Waals surface area contributed by atoms with Gasteiger partial charge in [-0.1, -0.05) is 31.4 Å². The van der Waals surface area contributed by atoms with Crippen LogP contribution in [0.5, 0.6) is 0 Å². The zero-order chi connectivity index (χ0) is 18.8. The number of amides is 1. The summed E-state index contributed by atoms with van der Waals surface area (Å²) in [4.78, 5) is 30.8. The molecule has 0 atom stereocenters. The Morgan fingerprint density at radius 3 is 2.41 bits per heavy atom. The molecule has 1 aliphatic carbocycles. The minimum atomic E-state index is -1.00. The number of aromatic carboxylic acids is 1. The van der Waals surface area contributed by atoms with Crippen molar-refractivity contribution in [3.8, 4) is 0 Å². The van der Waals surface area contributed by atoms with Gasteiger partial charge in [0.05, 0.1) is 16.6 Å². The lowest BCUT2D eigenvalue weighted by Gasteiger charge is -2.22. The van der Waals surface area contributed by atoms with E-state index in [4.69, 9.17) is 5.11 Å². The Labute approximate surface area is 156 Å². The Balaban J connectivity index is 1.48. The molecule has 0 bridgehead atoms. The quantitative estimate of drug-likeness (QED) is 0.633. The Kier molecular flexibility index (Phi) is 4.62. The Morgan fingerprint density at radius 1 is 1.00 bits per heavy atom. The fourth-order valence-electron chi connectivity index (χ4n) is 3.72. The highest BCUT2D eigenvalue weighted by Crippen LogP contribution is 2.32. The number of carbonyl (C=O) groups is 2. The van der Waals surface area contributed by atoms with Crippen molar-refractivity contribution in [2.45, 2.75) is 38.0 Å². The smallest absolute Gasteiger partial charge is 0.335 e. The standard InChI is InChI=1S/C21H21N3O3/c25-19(15-8-6-14(7-9-15)13-4-2-1-3-5-13)24-21-22-17-11-10-16(20(26)27)12-18(17)23-21/h6-13H,1-5H2,(H,26,27)(H2,22,23,24,25). The summed E-state index contributed by atoms with van der Waals surface area (Å²) in [6, 6.07) is 12.4. The van der Waals surface area contributed by atoms with Crippen molar-refractivity contribution in [3.05, 3.63) is 59.2 Å². The van der Waals surface area contributed by atoms with Crippen LogP contribution in [0, 0.1) is 0 Å². The van der Waals surface area contributed by atoms with Crippen LogP contribution in [0.3, 0.4) is 0 Å². The van der Waals surface area contributed by atoms with Crippen molar-refractivity contribution in [2.24, 2.45) is 0 Å². The number of hydrogen-bond donors (Lipinski definition) is 3. The lowest BCUT2D eigenvalue weighted by atomic mass is 9.84. The highest BCUT2D eigenvalue weighted by molar-refractivity contribution is 6.04. The van der Waals surface area contributed by atoms with Crippen molar-refractivity contribution in [2.75, 3.05) is 5.32 Å². The number of hydrogen-bond acceptors (Lipinski definition) is 3. The third-order valence-electron chi connectivity index (χ3n) is 5.21. The number of imidazole rings is 1. The molecule has 0 saturated heterocycles. The Hall–Kier alpha value is -3.15. The predicted octanol–water partition coefficient (Wildman–Crippen LogP) is 4.56. The monoisotopic (exact) mass is 363 g/mol. The number of carboxylic acids is 1. The van der Waals surface area contributed by atoms with Crippen LogP contribution in [0.1, 0.15) is 64.3 Å². The largest absolute Gasteiger partial charge is 0.478 e. The zero-order valence-electron chi connectivity index (χ0n) is 14.9. The van der Waals surface area contributed by atoms with Gasteiger partial charge in [-0.3, -0.25) is 10.1 Å². The van der Waals surface area contributed by atoms with Gasteiger partial charge in [0.2, 0.25) is 5.95 Å². The maximum absolute atomic E-state index is 12.5. The van der Waals surface area contributed by atoms with Gasteiger partial charge in [-0.15, -0.1) is 0 Å². The molecule has 27 heavy (non-hydrogen) atoms. The fraction of sp³-hybridized carbons (Fsp3) is 0.286. The van der Waals surface area contributed by atoms with Crippen LogP contribution in [0.2, 0.25) is 0 Å². The minimum Gasteiger partial charge on any atom is -0.478 e. The maximum atomic E-state index is 12.5. The van der Waals surface area contributed by atoms with E-state index in [1.54, 1.807) is 6.07 Å². The van der Waals surface area contributed by atoms with Gasteiger partial charge in [-0.2, -0.15) is 0 Å². The van der Waals surface area contributed by atoms with Gasteiger partial charge in [-0.25, -0.2) is 9.78 Å². The topological polar surface area (TPSA) is 95.1 Å². The number of carboxylic acid groups (broad SMARTS) is 1. The average Bonchev–Trinajstić information content (AvgIpc) is 3.10. The number of aromatic amines is 1. The van der Waals surface area contributed by atoms with E-state index >= 15 is 0 Å². The van der Waals surface area contributed by atoms with Crippen molar-refractivity contribution < 1.29 is 14.7 Å². The molecule has 6 nitrogen and oxygen atoms in total. The van der Waals surface area contributed by atoms with Gasteiger partial charge in [0, 0.05) is 5.56 Å². The lowest BCUT2D eigenvalue weighted by molar-refractivity contribution is 0.0696. The summed E-state index contributed by atoms with van der Waals surface area (Å²) >= 11 is 0.